The van der Waals surface area contributed by atoms with Gasteiger partial charge in [-0.3, -0.25) is 0 Å². The minimum absolute atomic E-state index is 0.580. The number of benzene rings is 10. The summed E-state index contributed by atoms with van der Waals surface area (Å²) >= 11 is 0. The van der Waals surface area contributed by atoms with Gasteiger partial charge in [-0.15, -0.1) is 0 Å². The molecule has 0 unspecified atom stereocenters. The largest absolute Gasteiger partial charge is 0.456 e. The maximum atomic E-state index is 6.70. The normalized spacial score (nSPS) is 11.8. The molecule has 0 atom stereocenters. The van der Waals surface area contributed by atoms with Gasteiger partial charge in [0.15, 0.2) is 17.5 Å². The van der Waals surface area contributed by atoms with Crippen LogP contribution >= 0.6 is 0 Å². The smallest absolute Gasteiger partial charge is 0.164 e. The zero-order valence-corrected chi connectivity index (χ0v) is 37.0. The van der Waals surface area contributed by atoms with Gasteiger partial charge in [0.2, 0.25) is 0 Å². The van der Waals surface area contributed by atoms with E-state index in [2.05, 4.69) is 187 Å². The van der Waals surface area contributed by atoms with Crippen LogP contribution in [0.25, 0.3) is 139 Å². The predicted molar refractivity (Wildman–Crippen MR) is 281 cm³/mol. The highest BCUT2D eigenvalue weighted by Crippen LogP contribution is 2.43. The molecule has 0 saturated carbocycles. The molecule has 0 saturated heterocycles. The molecule has 322 valence electrons. The molecule has 69 heavy (non-hydrogen) atoms. The Hall–Kier alpha value is -9.39. The number of hydrogen-bond donors (Lipinski definition) is 0. The summed E-state index contributed by atoms with van der Waals surface area (Å²) in [7, 11) is 0. The van der Waals surface area contributed by atoms with Gasteiger partial charge in [-0.1, -0.05) is 170 Å². The van der Waals surface area contributed by atoms with E-state index in [1.807, 2.05) is 48.5 Å². The van der Waals surface area contributed by atoms with Gasteiger partial charge < -0.3 is 13.4 Å². The summed E-state index contributed by atoms with van der Waals surface area (Å²) < 4.78 is 15.7. The molecule has 4 heterocycles. The Kier molecular flexibility index (Phi) is 8.79. The van der Waals surface area contributed by atoms with Crippen molar-refractivity contribution in [2.75, 3.05) is 0 Å². The number of fused-ring (bicyclic) bond motifs is 9. The average molecular weight is 883 g/mol. The van der Waals surface area contributed by atoms with Gasteiger partial charge in [-0.2, -0.15) is 0 Å². The van der Waals surface area contributed by atoms with Crippen molar-refractivity contribution in [2.45, 2.75) is 0 Å². The number of aromatic nitrogens is 4. The first-order valence-corrected chi connectivity index (χ1v) is 23.2. The molecule has 0 bridgehead atoms. The third kappa shape index (κ3) is 6.45. The third-order valence-electron chi connectivity index (χ3n) is 13.5. The van der Waals surface area contributed by atoms with Crippen LogP contribution in [-0.2, 0) is 0 Å². The van der Waals surface area contributed by atoms with Crippen LogP contribution in [-0.4, -0.2) is 19.5 Å². The SMILES string of the molecule is c1ccc(-c2ccc(-c3nc(-c4ccccc4)nc(-c4cccc5oc6cc(-c7ccc8oc9cccc(-n%10c%11ccccc%11c%11cc(-c%12ccccc%12)ccc%11%10)c9c8c7)ccc6c45)n3)cc2)cc1. The summed E-state index contributed by atoms with van der Waals surface area (Å²) in [4.78, 5) is 15.3. The Morgan fingerprint density at radius 1 is 0.275 bits per heavy atom. The Balaban J connectivity index is 0.883. The predicted octanol–water partition coefficient (Wildman–Crippen LogP) is 16.8. The summed E-state index contributed by atoms with van der Waals surface area (Å²) in [6.07, 6.45) is 0. The summed E-state index contributed by atoms with van der Waals surface area (Å²) in [5.41, 5.74) is 16.1. The standard InChI is InChI=1S/C63H38N4O2/c1-4-14-39(15-5-1)41-26-28-43(29-27-41)62-64-61(42-18-8-3-9-19-42)65-63(66-62)49-21-12-24-56-59(49)48-33-30-46(38-58(48)69-56)45-32-35-55-51(37-45)60-54(23-13-25-57(60)68-55)67-52-22-11-10-20-47(52)50-36-44(31-34-53(50)67)40-16-6-2-7-17-40/h1-38H. The van der Waals surface area contributed by atoms with Crippen LogP contribution in [0.5, 0.6) is 0 Å². The monoisotopic (exact) mass is 882 g/mol. The van der Waals surface area contributed by atoms with Crippen molar-refractivity contribution in [3.05, 3.63) is 231 Å². The molecule has 0 amide bonds. The van der Waals surface area contributed by atoms with Crippen molar-refractivity contribution in [3.63, 3.8) is 0 Å². The van der Waals surface area contributed by atoms with Crippen LogP contribution in [0, 0.1) is 0 Å². The zero-order chi connectivity index (χ0) is 45.4. The molecule has 4 aromatic heterocycles. The first kappa shape index (κ1) is 38.8. The second-order valence-electron chi connectivity index (χ2n) is 17.5. The lowest BCUT2D eigenvalue weighted by Crippen LogP contribution is -2.00. The Morgan fingerprint density at radius 3 is 1.55 bits per heavy atom. The maximum Gasteiger partial charge on any atom is 0.164 e. The lowest BCUT2D eigenvalue weighted by molar-refractivity contribution is 0.669. The van der Waals surface area contributed by atoms with E-state index in [4.69, 9.17) is 23.8 Å². The zero-order valence-electron chi connectivity index (χ0n) is 37.0. The number of hydrogen-bond acceptors (Lipinski definition) is 5. The summed E-state index contributed by atoms with van der Waals surface area (Å²) in [5, 5.41) is 6.47. The van der Waals surface area contributed by atoms with E-state index in [0.29, 0.717) is 17.5 Å². The molecule has 0 aliphatic heterocycles. The van der Waals surface area contributed by atoms with Crippen molar-refractivity contribution >= 4 is 65.7 Å². The van der Waals surface area contributed by atoms with Crippen LogP contribution in [0.2, 0.25) is 0 Å². The van der Waals surface area contributed by atoms with Crippen LogP contribution < -0.4 is 0 Å². The van der Waals surface area contributed by atoms with E-state index in [1.54, 1.807) is 0 Å². The molecule has 14 aromatic rings. The van der Waals surface area contributed by atoms with Crippen molar-refractivity contribution in [1.29, 1.82) is 0 Å². The molecule has 0 N–H and O–H groups in total. The number of nitrogens with zero attached hydrogens (tertiary/aromatic N) is 4. The van der Waals surface area contributed by atoms with E-state index >= 15 is 0 Å². The summed E-state index contributed by atoms with van der Waals surface area (Å²) in [5.74, 6) is 1.79. The van der Waals surface area contributed by atoms with Crippen molar-refractivity contribution < 1.29 is 8.83 Å². The molecule has 0 radical (unpaired) electrons. The van der Waals surface area contributed by atoms with Gasteiger partial charge in [-0.05, 0) is 94.0 Å². The van der Waals surface area contributed by atoms with Gasteiger partial charge in [0.05, 0.1) is 22.1 Å². The van der Waals surface area contributed by atoms with Gasteiger partial charge in [0.1, 0.15) is 22.3 Å². The van der Waals surface area contributed by atoms with E-state index in [0.717, 1.165) is 99.5 Å². The van der Waals surface area contributed by atoms with E-state index < -0.39 is 0 Å². The fourth-order valence-corrected chi connectivity index (χ4v) is 10.2. The topological polar surface area (TPSA) is 69.9 Å². The van der Waals surface area contributed by atoms with E-state index in [9.17, 15) is 0 Å². The molecular weight excluding hydrogens is 845 g/mol. The Morgan fingerprint density at radius 2 is 0.783 bits per heavy atom. The lowest BCUT2D eigenvalue weighted by Gasteiger charge is -2.10. The molecule has 0 fully saturated rings. The van der Waals surface area contributed by atoms with Crippen LogP contribution in [0.1, 0.15) is 0 Å². The minimum Gasteiger partial charge on any atom is -0.456 e. The molecule has 6 nitrogen and oxygen atoms in total. The highest BCUT2D eigenvalue weighted by atomic mass is 16.3. The minimum atomic E-state index is 0.580. The fraction of sp³-hybridized carbons (Fsp3) is 0. The second kappa shape index (κ2) is 15.6. The molecule has 6 heteroatoms. The molecule has 0 spiro atoms. The number of furan rings is 2. The van der Waals surface area contributed by atoms with Crippen LogP contribution in [0.4, 0.5) is 0 Å². The van der Waals surface area contributed by atoms with E-state index in [1.165, 1.54) is 21.9 Å². The highest BCUT2D eigenvalue weighted by molar-refractivity contribution is 6.16. The number of rotatable bonds is 7. The van der Waals surface area contributed by atoms with Gasteiger partial charge in [0, 0.05) is 43.6 Å². The first-order valence-electron chi connectivity index (χ1n) is 23.2. The molecular formula is C63H38N4O2. The summed E-state index contributed by atoms with van der Waals surface area (Å²) in [6, 6.07) is 80.4. The van der Waals surface area contributed by atoms with Crippen molar-refractivity contribution in [3.8, 4) is 73.2 Å². The quantitative estimate of drug-likeness (QED) is 0.159. The van der Waals surface area contributed by atoms with Crippen LogP contribution in [0.15, 0.2) is 239 Å². The molecule has 0 aliphatic rings. The van der Waals surface area contributed by atoms with Crippen LogP contribution in [0.3, 0.4) is 0 Å². The first-order chi connectivity index (χ1) is 34.2. The number of para-hydroxylation sites is 1. The Bertz CT molecular complexity index is 4290. The van der Waals surface area contributed by atoms with E-state index in [-0.39, 0.29) is 0 Å². The molecule has 14 rings (SSSR count). The summed E-state index contributed by atoms with van der Waals surface area (Å²) in [6.45, 7) is 0. The van der Waals surface area contributed by atoms with Gasteiger partial charge in [-0.25, -0.2) is 15.0 Å². The van der Waals surface area contributed by atoms with Gasteiger partial charge >= 0.3 is 0 Å². The molecule has 10 aromatic carbocycles. The van der Waals surface area contributed by atoms with Crippen molar-refractivity contribution in [1.82, 2.24) is 19.5 Å². The third-order valence-corrected chi connectivity index (χ3v) is 13.5. The van der Waals surface area contributed by atoms with Crippen molar-refractivity contribution in [2.24, 2.45) is 0 Å². The highest BCUT2D eigenvalue weighted by Gasteiger charge is 2.21. The molecule has 0 aliphatic carbocycles. The second-order valence-corrected chi connectivity index (χ2v) is 17.5. The lowest BCUT2D eigenvalue weighted by atomic mass is 9.99. The van der Waals surface area contributed by atoms with Gasteiger partial charge in [0.25, 0.3) is 0 Å². The average Bonchev–Trinajstić information content (AvgIpc) is 4.10. The fourth-order valence-electron chi connectivity index (χ4n) is 10.2. The Labute approximate surface area is 396 Å². The maximum absolute atomic E-state index is 6.70.